The zero-order valence-electron chi connectivity index (χ0n) is 18.6. The molecule has 0 aromatic heterocycles. The van der Waals surface area contributed by atoms with Gasteiger partial charge in [-0.2, -0.15) is 4.91 Å². The lowest BCUT2D eigenvalue weighted by molar-refractivity contribution is -0.0476. The van der Waals surface area contributed by atoms with Gasteiger partial charge in [0, 0.05) is 0 Å². The van der Waals surface area contributed by atoms with E-state index in [-0.39, 0.29) is 0 Å². The third kappa shape index (κ3) is 2.73. The van der Waals surface area contributed by atoms with E-state index in [1.807, 2.05) is 0 Å². The highest BCUT2D eigenvalue weighted by Gasteiger charge is 2.62. The molecule has 5 rings (SSSR count). The Labute approximate surface area is 176 Å². The number of fused-ring (bicyclic) bond motifs is 6. The third-order valence-corrected chi connectivity index (χ3v) is 10.3. The van der Waals surface area contributed by atoms with Gasteiger partial charge in [0.2, 0.25) is 0 Å². The molecule has 0 aliphatic heterocycles. The smallest absolute Gasteiger partial charge is 0.106 e. The first-order valence-electron chi connectivity index (χ1n) is 11.9. The van der Waals surface area contributed by atoms with Crippen LogP contribution >= 0.6 is 0 Å². The van der Waals surface area contributed by atoms with Crippen LogP contribution in [-0.4, -0.2) is 0 Å². The summed E-state index contributed by atoms with van der Waals surface area (Å²) in [5.41, 5.74) is 7.01. The molecule has 3 fully saturated rings. The summed E-state index contributed by atoms with van der Waals surface area (Å²) in [4.78, 5) is 10.7. The number of aryl methyl sites for hydroxylation is 1. The van der Waals surface area contributed by atoms with E-state index in [0.29, 0.717) is 22.8 Å². The number of nitroso groups, excluding NO2 is 1. The van der Waals surface area contributed by atoms with Crippen molar-refractivity contribution in [3.8, 4) is 0 Å². The van der Waals surface area contributed by atoms with Crippen molar-refractivity contribution in [3.63, 3.8) is 0 Å². The third-order valence-electron chi connectivity index (χ3n) is 10.3. The summed E-state index contributed by atoms with van der Waals surface area (Å²) >= 11 is 0. The van der Waals surface area contributed by atoms with Crippen LogP contribution in [0.5, 0.6) is 0 Å². The van der Waals surface area contributed by atoms with Gasteiger partial charge in [0.1, 0.15) is 6.54 Å². The van der Waals surface area contributed by atoms with Crippen LogP contribution in [0.25, 0.3) is 0 Å². The van der Waals surface area contributed by atoms with E-state index in [0.717, 1.165) is 23.3 Å². The molecule has 5 atom stereocenters. The molecule has 0 radical (unpaired) electrons. The molecule has 4 aliphatic rings. The van der Waals surface area contributed by atoms with Crippen molar-refractivity contribution in [2.75, 3.05) is 0 Å². The fourth-order valence-electron chi connectivity index (χ4n) is 8.20. The van der Waals surface area contributed by atoms with Gasteiger partial charge in [0.05, 0.1) is 0 Å². The maximum Gasteiger partial charge on any atom is 0.106 e. The topological polar surface area (TPSA) is 29.4 Å². The van der Waals surface area contributed by atoms with Crippen molar-refractivity contribution >= 4 is 0 Å². The molecule has 0 amide bonds. The predicted octanol–water partition coefficient (Wildman–Crippen LogP) is 7.56. The number of nitrogens with zero attached hydrogens (tertiary/aromatic N) is 1. The van der Waals surface area contributed by atoms with Crippen molar-refractivity contribution in [2.45, 2.75) is 91.0 Å². The second-order valence-electron chi connectivity index (χ2n) is 11.7. The van der Waals surface area contributed by atoms with E-state index in [4.69, 9.17) is 0 Å². The lowest BCUT2D eigenvalue weighted by Crippen LogP contribution is -2.49. The molecular weight excluding hydrogens is 354 g/mol. The molecule has 2 nitrogen and oxygen atoms in total. The molecule has 4 aliphatic carbocycles. The predicted molar refractivity (Wildman–Crippen MR) is 120 cm³/mol. The highest BCUT2D eigenvalue weighted by molar-refractivity contribution is 5.38. The molecule has 29 heavy (non-hydrogen) atoms. The van der Waals surface area contributed by atoms with E-state index in [9.17, 15) is 4.91 Å². The minimum Gasteiger partial charge on any atom is -0.150 e. The van der Waals surface area contributed by atoms with Crippen LogP contribution in [0.3, 0.4) is 0 Å². The lowest BCUT2D eigenvalue weighted by Gasteiger charge is -2.58. The second-order valence-corrected chi connectivity index (χ2v) is 11.7. The molecule has 3 unspecified atom stereocenters. The summed E-state index contributed by atoms with van der Waals surface area (Å²) in [7, 11) is 0. The lowest BCUT2D eigenvalue weighted by atomic mass is 9.46. The van der Waals surface area contributed by atoms with Crippen LogP contribution < -0.4 is 0 Å². The summed E-state index contributed by atoms with van der Waals surface area (Å²) in [5, 5.41) is 3.10. The van der Waals surface area contributed by atoms with Crippen LogP contribution in [0, 0.1) is 33.0 Å². The Morgan fingerprint density at radius 3 is 2.66 bits per heavy atom. The van der Waals surface area contributed by atoms with Gasteiger partial charge in [-0.05, 0) is 108 Å². The fraction of sp³-hybridized carbons (Fsp3) is 0.704. The van der Waals surface area contributed by atoms with Gasteiger partial charge in [-0.25, -0.2) is 0 Å². The first kappa shape index (κ1) is 19.5. The average Bonchev–Trinajstić information content (AvgIpc) is 2.98. The Balaban J connectivity index is 1.44. The van der Waals surface area contributed by atoms with Crippen molar-refractivity contribution in [1.82, 2.24) is 0 Å². The molecule has 3 saturated carbocycles. The van der Waals surface area contributed by atoms with Gasteiger partial charge >= 0.3 is 0 Å². The molecule has 156 valence electrons. The Hall–Kier alpha value is -1.44. The standard InChI is InChI=1S/C27H37NO/c1-18-16-27(14-13-25(18,2)3)12-10-24-23-8-6-20-15-19(17-28-29)5-7-21(20)22(23)9-11-26(24,27)4/h5,7,15,22-24H,1,6,8-14,16-17H2,2-4H3/t22?,23?,24?,26-,27-/m0/s1. The summed E-state index contributed by atoms with van der Waals surface area (Å²) in [6.07, 6.45) is 12.1. The molecule has 1 spiro atoms. The van der Waals surface area contributed by atoms with E-state index in [2.05, 4.69) is 50.7 Å². The second kappa shape index (κ2) is 6.53. The van der Waals surface area contributed by atoms with E-state index >= 15 is 0 Å². The average molecular weight is 392 g/mol. The summed E-state index contributed by atoms with van der Waals surface area (Å²) < 4.78 is 0. The van der Waals surface area contributed by atoms with Crippen LogP contribution in [0.15, 0.2) is 35.5 Å². The largest absolute Gasteiger partial charge is 0.150 e. The van der Waals surface area contributed by atoms with Gasteiger partial charge in [0.15, 0.2) is 0 Å². The van der Waals surface area contributed by atoms with Crippen LogP contribution in [0.2, 0.25) is 0 Å². The van der Waals surface area contributed by atoms with Crippen molar-refractivity contribution in [1.29, 1.82) is 0 Å². The monoisotopic (exact) mass is 391 g/mol. The first-order chi connectivity index (χ1) is 13.8. The van der Waals surface area contributed by atoms with Crippen LogP contribution in [-0.2, 0) is 13.0 Å². The zero-order valence-corrected chi connectivity index (χ0v) is 18.6. The summed E-state index contributed by atoms with van der Waals surface area (Å²) in [5.74, 6) is 2.45. The van der Waals surface area contributed by atoms with Crippen LogP contribution in [0.4, 0.5) is 0 Å². The van der Waals surface area contributed by atoms with Crippen molar-refractivity contribution in [2.24, 2.45) is 33.3 Å². The minimum atomic E-state index is 0.310. The number of allylic oxidation sites excluding steroid dienone is 1. The fourth-order valence-corrected chi connectivity index (χ4v) is 8.20. The Morgan fingerprint density at radius 1 is 1.07 bits per heavy atom. The number of hydrogen-bond donors (Lipinski definition) is 0. The van der Waals surface area contributed by atoms with Crippen molar-refractivity contribution in [3.05, 3.63) is 51.9 Å². The van der Waals surface area contributed by atoms with E-state index in [1.165, 1.54) is 68.9 Å². The molecule has 1 aromatic rings. The van der Waals surface area contributed by atoms with Gasteiger partial charge < -0.3 is 0 Å². The molecule has 0 N–H and O–H groups in total. The molecule has 0 bridgehead atoms. The normalized spacial score (nSPS) is 40.2. The highest BCUT2D eigenvalue weighted by atomic mass is 16.3. The maximum absolute atomic E-state index is 10.7. The van der Waals surface area contributed by atoms with Crippen LogP contribution in [0.1, 0.15) is 94.7 Å². The van der Waals surface area contributed by atoms with Gasteiger partial charge in [-0.3, -0.25) is 0 Å². The molecule has 0 heterocycles. The van der Waals surface area contributed by atoms with E-state index in [1.54, 1.807) is 5.56 Å². The first-order valence-corrected chi connectivity index (χ1v) is 11.9. The summed E-state index contributed by atoms with van der Waals surface area (Å²) in [6, 6.07) is 6.76. The SMILES string of the molecule is C=C1C[C@]2(CCC3C4CCc5cc(CN=O)ccc5C4CC[C@@]32C)CCC1(C)C. The highest BCUT2D eigenvalue weighted by Crippen LogP contribution is 2.72. The van der Waals surface area contributed by atoms with Gasteiger partial charge in [-0.15, -0.1) is 0 Å². The zero-order chi connectivity index (χ0) is 20.4. The van der Waals surface area contributed by atoms with Gasteiger partial charge in [0.25, 0.3) is 0 Å². The summed E-state index contributed by atoms with van der Waals surface area (Å²) in [6.45, 7) is 12.3. The molecule has 1 aromatic carbocycles. The number of hydrogen-bond acceptors (Lipinski definition) is 2. The number of rotatable bonds is 2. The molecule has 2 heteroatoms. The maximum atomic E-state index is 10.7. The Bertz CT molecular complexity index is 854. The number of benzene rings is 1. The van der Waals surface area contributed by atoms with E-state index < -0.39 is 0 Å². The molecule has 0 saturated heterocycles. The van der Waals surface area contributed by atoms with Crippen molar-refractivity contribution < 1.29 is 0 Å². The quantitative estimate of drug-likeness (QED) is 0.378. The Kier molecular flexibility index (Phi) is 4.39. The molecular formula is C27H37NO. The Morgan fingerprint density at radius 2 is 1.90 bits per heavy atom. The van der Waals surface area contributed by atoms with Gasteiger partial charge in [-0.1, -0.05) is 56.3 Å². The minimum absolute atomic E-state index is 0.310.